The average molecular weight is 451 g/mol. The monoisotopic (exact) mass is 451 g/mol. The summed E-state index contributed by atoms with van der Waals surface area (Å²) in [6.07, 6.45) is 1.43. The van der Waals surface area contributed by atoms with Crippen molar-refractivity contribution in [3.63, 3.8) is 0 Å². The van der Waals surface area contributed by atoms with Gasteiger partial charge in [-0.2, -0.15) is 8.42 Å². The van der Waals surface area contributed by atoms with Crippen molar-refractivity contribution in [1.82, 2.24) is 0 Å². The first-order valence-electron chi connectivity index (χ1n) is 9.69. The minimum absolute atomic E-state index is 0.0670. The molecule has 0 aromatic heterocycles. The SMILES string of the molecule is O=[N+]([O-])c1ccc(S(=O)(=O)O)c(CCOCC2OCCCc3cc4c(cc32)OCO4)c1. The maximum absolute atomic E-state index is 11.6. The van der Waals surface area contributed by atoms with Crippen molar-refractivity contribution in [2.45, 2.75) is 30.3 Å². The number of nitro groups is 1. The van der Waals surface area contributed by atoms with Crippen LogP contribution in [-0.4, -0.2) is 44.5 Å². The van der Waals surface area contributed by atoms with E-state index in [-0.39, 0.29) is 48.7 Å². The first-order valence-corrected chi connectivity index (χ1v) is 11.1. The highest BCUT2D eigenvalue weighted by Gasteiger charge is 2.25. The molecule has 2 aromatic rings. The van der Waals surface area contributed by atoms with E-state index in [0.717, 1.165) is 42.2 Å². The molecule has 1 N–H and O–H groups in total. The molecular formula is C20H21NO9S. The highest BCUT2D eigenvalue weighted by molar-refractivity contribution is 7.85. The summed E-state index contributed by atoms with van der Waals surface area (Å²) in [5.74, 6) is 1.37. The molecule has 2 aromatic carbocycles. The summed E-state index contributed by atoms with van der Waals surface area (Å²) in [6, 6.07) is 7.05. The molecular weight excluding hydrogens is 430 g/mol. The van der Waals surface area contributed by atoms with Crippen LogP contribution in [0.4, 0.5) is 5.69 Å². The lowest BCUT2D eigenvalue weighted by Gasteiger charge is -2.19. The van der Waals surface area contributed by atoms with E-state index in [0.29, 0.717) is 18.1 Å². The molecule has 166 valence electrons. The number of hydrogen-bond acceptors (Lipinski definition) is 8. The Bertz CT molecular complexity index is 1100. The zero-order valence-electron chi connectivity index (χ0n) is 16.5. The molecule has 2 heterocycles. The highest BCUT2D eigenvalue weighted by atomic mass is 32.2. The van der Waals surface area contributed by atoms with Crippen molar-refractivity contribution in [3.8, 4) is 11.5 Å². The third-order valence-corrected chi connectivity index (χ3v) is 6.16. The van der Waals surface area contributed by atoms with Crippen LogP contribution in [0.1, 0.15) is 29.2 Å². The normalized spacial score (nSPS) is 17.8. The van der Waals surface area contributed by atoms with E-state index >= 15 is 0 Å². The van der Waals surface area contributed by atoms with Crippen molar-refractivity contribution in [2.24, 2.45) is 0 Å². The maximum Gasteiger partial charge on any atom is 0.294 e. The fourth-order valence-corrected chi connectivity index (χ4v) is 4.46. The summed E-state index contributed by atoms with van der Waals surface area (Å²) in [7, 11) is -4.51. The number of nitrogens with zero attached hydrogens (tertiary/aromatic N) is 1. The van der Waals surface area contributed by atoms with Gasteiger partial charge in [-0.25, -0.2) is 0 Å². The van der Waals surface area contributed by atoms with Crippen molar-refractivity contribution < 1.29 is 36.8 Å². The number of rotatable bonds is 7. The summed E-state index contributed by atoms with van der Waals surface area (Å²) >= 11 is 0. The van der Waals surface area contributed by atoms with Crippen LogP contribution in [0, 0.1) is 10.1 Å². The summed E-state index contributed by atoms with van der Waals surface area (Å²) in [5.41, 5.74) is 1.90. The number of benzene rings is 2. The van der Waals surface area contributed by atoms with Crippen LogP contribution in [0.5, 0.6) is 11.5 Å². The van der Waals surface area contributed by atoms with E-state index in [1.165, 1.54) is 0 Å². The Morgan fingerprint density at radius 1 is 1.19 bits per heavy atom. The van der Waals surface area contributed by atoms with Gasteiger partial charge in [0.25, 0.3) is 15.8 Å². The van der Waals surface area contributed by atoms with E-state index in [1.807, 2.05) is 12.1 Å². The largest absolute Gasteiger partial charge is 0.454 e. The van der Waals surface area contributed by atoms with E-state index in [1.54, 1.807) is 0 Å². The van der Waals surface area contributed by atoms with E-state index < -0.39 is 15.0 Å². The fraction of sp³-hybridized carbons (Fsp3) is 0.400. The van der Waals surface area contributed by atoms with Gasteiger partial charge in [0.2, 0.25) is 6.79 Å². The van der Waals surface area contributed by atoms with Crippen LogP contribution >= 0.6 is 0 Å². The number of non-ortho nitro benzene ring substituents is 1. The number of nitro benzene ring substituents is 1. The molecule has 0 aliphatic carbocycles. The molecule has 0 saturated carbocycles. The average Bonchev–Trinajstić information content (AvgIpc) is 3.09. The Morgan fingerprint density at radius 3 is 2.71 bits per heavy atom. The molecule has 11 heteroatoms. The van der Waals surface area contributed by atoms with Gasteiger partial charge >= 0.3 is 0 Å². The second-order valence-electron chi connectivity index (χ2n) is 7.22. The van der Waals surface area contributed by atoms with Gasteiger partial charge in [0.1, 0.15) is 6.10 Å². The molecule has 4 rings (SSSR count). The molecule has 0 fully saturated rings. The standard InChI is InChI=1S/C20H21NO9S/c22-21(23)15-3-4-20(31(24,25)26)14(8-15)5-7-27-11-19-16-10-18-17(29-12-30-18)9-13(16)2-1-6-28-19/h3-4,8-10,19H,1-2,5-7,11-12H2,(H,24,25,26). The molecule has 31 heavy (non-hydrogen) atoms. The zero-order chi connectivity index (χ0) is 22.0. The Hall–Kier alpha value is -2.73. The van der Waals surface area contributed by atoms with Gasteiger partial charge in [-0.1, -0.05) is 0 Å². The molecule has 2 aliphatic rings. The van der Waals surface area contributed by atoms with Crippen LogP contribution < -0.4 is 9.47 Å². The van der Waals surface area contributed by atoms with Crippen molar-refractivity contribution >= 4 is 15.8 Å². The highest BCUT2D eigenvalue weighted by Crippen LogP contribution is 2.39. The Morgan fingerprint density at radius 2 is 1.97 bits per heavy atom. The molecule has 0 saturated heterocycles. The molecule has 10 nitrogen and oxygen atoms in total. The van der Waals surface area contributed by atoms with Crippen molar-refractivity contribution in [1.29, 1.82) is 0 Å². The second-order valence-corrected chi connectivity index (χ2v) is 8.61. The summed E-state index contributed by atoms with van der Waals surface area (Å²) < 4.78 is 55.1. The quantitative estimate of drug-likeness (QED) is 0.292. The Labute approximate surface area is 178 Å². The lowest BCUT2D eigenvalue weighted by atomic mass is 9.99. The van der Waals surface area contributed by atoms with Crippen LogP contribution in [0.3, 0.4) is 0 Å². The minimum Gasteiger partial charge on any atom is -0.454 e. The van der Waals surface area contributed by atoms with Crippen LogP contribution in [-0.2, 0) is 32.4 Å². The van der Waals surface area contributed by atoms with Crippen LogP contribution in [0.2, 0.25) is 0 Å². The van der Waals surface area contributed by atoms with Gasteiger partial charge in [-0.3, -0.25) is 14.7 Å². The van der Waals surface area contributed by atoms with Gasteiger partial charge < -0.3 is 18.9 Å². The summed E-state index contributed by atoms with van der Waals surface area (Å²) in [4.78, 5) is 10.0. The molecule has 0 radical (unpaired) electrons. The fourth-order valence-electron chi connectivity index (χ4n) is 3.73. The molecule has 1 unspecified atom stereocenters. The van der Waals surface area contributed by atoms with Crippen LogP contribution in [0.15, 0.2) is 35.2 Å². The van der Waals surface area contributed by atoms with Gasteiger partial charge in [0, 0.05) is 18.7 Å². The van der Waals surface area contributed by atoms with E-state index in [9.17, 15) is 23.1 Å². The number of hydrogen-bond donors (Lipinski definition) is 1. The molecule has 0 spiro atoms. The van der Waals surface area contributed by atoms with Crippen LogP contribution in [0.25, 0.3) is 0 Å². The predicted octanol–water partition coefficient (Wildman–Crippen LogP) is 2.83. The number of aryl methyl sites for hydroxylation is 1. The number of ether oxygens (including phenoxy) is 4. The van der Waals surface area contributed by atoms with Gasteiger partial charge in [-0.15, -0.1) is 0 Å². The summed E-state index contributed by atoms with van der Waals surface area (Å²) in [5, 5.41) is 11.0. The first-order chi connectivity index (χ1) is 14.8. The maximum atomic E-state index is 11.6. The lowest BCUT2D eigenvalue weighted by Crippen LogP contribution is -2.14. The molecule has 1 atom stereocenters. The van der Waals surface area contributed by atoms with Crippen molar-refractivity contribution in [3.05, 3.63) is 57.1 Å². The second kappa shape index (κ2) is 8.79. The third-order valence-electron chi connectivity index (χ3n) is 5.21. The Kier molecular flexibility index (Phi) is 6.10. The minimum atomic E-state index is -4.51. The Balaban J connectivity index is 1.45. The third kappa shape index (κ3) is 4.79. The molecule has 2 aliphatic heterocycles. The number of fused-ring (bicyclic) bond motifs is 2. The summed E-state index contributed by atoms with van der Waals surface area (Å²) in [6.45, 7) is 1.04. The molecule has 0 bridgehead atoms. The van der Waals surface area contributed by atoms with Crippen molar-refractivity contribution in [2.75, 3.05) is 26.6 Å². The topological polar surface area (TPSA) is 134 Å². The van der Waals surface area contributed by atoms with Gasteiger partial charge in [0.05, 0.1) is 23.0 Å². The predicted molar refractivity (Wildman–Crippen MR) is 107 cm³/mol. The van der Waals surface area contributed by atoms with E-state index in [2.05, 4.69) is 0 Å². The molecule has 0 amide bonds. The van der Waals surface area contributed by atoms with E-state index in [4.69, 9.17) is 18.9 Å². The van der Waals surface area contributed by atoms with Gasteiger partial charge in [0.15, 0.2) is 11.5 Å². The first kappa shape index (κ1) is 21.5. The van der Waals surface area contributed by atoms with Gasteiger partial charge in [-0.05, 0) is 54.2 Å². The smallest absolute Gasteiger partial charge is 0.294 e. The lowest BCUT2D eigenvalue weighted by molar-refractivity contribution is -0.385. The zero-order valence-corrected chi connectivity index (χ0v) is 17.3.